The van der Waals surface area contributed by atoms with E-state index in [9.17, 15) is 18.3 Å². The summed E-state index contributed by atoms with van der Waals surface area (Å²) < 4.78 is 38.3. The lowest BCUT2D eigenvalue weighted by molar-refractivity contribution is -0.137. The summed E-state index contributed by atoms with van der Waals surface area (Å²) in [6.45, 7) is 1.91. The Balaban J connectivity index is 1.81. The summed E-state index contributed by atoms with van der Waals surface area (Å²) >= 11 is 0. The van der Waals surface area contributed by atoms with Crippen molar-refractivity contribution in [2.75, 3.05) is 0 Å². The van der Waals surface area contributed by atoms with Gasteiger partial charge in [-0.25, -0.2) is 0 Å². The predicted molar refractivity (Wildman–Crippen MR) is 86.3 cm³/mol. The Hall–Kier alpha value is -2.31. The van der Waals surface area contributed by atoms with Gasteiger partial charge < -0.3 is 10.1 Å². The molecule has 0 aliphatic rings. The van der Waals surface area contributed by atoms with Crippen LogP contribution in [0.1, 0.15) is 36.0 Å². The van der Waals surface area contributed by atoms with Gasteiger partial charge in [0.15, 0.2) is 0 Å². The lowest BCUT2D eigenvalue weighted by Crippen LogP contribution is -2.24. The summed E-state index contributed by atoms with van der Waals surface area (Å²) in [6.07, 6.45) is -5.40. The quantitative estimate of drug-likeness (QED) is 0.614. The van der Waals surface area contributed by atoms with Gasteiger partial charge in [-0.15, -0.1) is 0 Å². The molecule has 3 nitrogen and oxygen atoms in total. The number of aromatic amines is 1. The van der Waals surface area contributed by atoms with Gasteiger partial charge in [0.05, 0.1) is 11.3 Å². The molecule has 24 heavy (non-hydrogen) atoms. The van der Waals surface area contributed by atoms with Gasteiger partial charge >= 0.3 is 6.18 Å². The molecular formula is C18H17F3N2O. The Kier molecular flexibility index (Phi) is 4.34. The Morgan fingerprint density at radius 1 is 1.04 bits per heavy atom. The molecule has 0 radical (unpaired) electrons. The molecule has 3 aromatic rings. The number of hydrogen-bond acceptors (Lipinski definition) is 2. The Morgan fingerprint density at radius 3 is 2.42 bits per heavy atom. The smallest absolute Gasteiger partial charge is 0.373 e. The Bertz CT molecular complexity index is 827. The van der Waals surface area contributed by atoms with Crippen LogP contribution in [-0.2, 0) is 6.18 Å². The van der Waals surface area contributed by atoms with E-state index in [1.54, 1.807) is 0 Å². The van der Waals surface area contributed by atoms with Crippen LogP contribution in [0, 0.1) is 0 Å². The van der Waals surface area contributed by atoms with E-state index in [2.05, 4.69) is 10.3 Å². The minimum atomic E-state index is -4.38. The zero-order chi connectivity index (χ0) is 17.3. The van der Waals surface area contributed by atoms with Crippen molar-refractivity contribution >= 4 is 10.9 Å². The van der Waals surface area contributed by atoms with Crippen molar-refractivity contribution in [2.45, 2.75) is 25.4 Å². The minimum Gasteiger partial charge on any atom is -0.373 e. The van der Waals surface area contributed by atoms with Crippen LogP contribution in [0.5, 0.6) is 0 Å². The standard InChI is InChI=1S/C18H17F3N2O/c1-11(12-5-3-2-4-6-12)22-17(24)16-10-13-9-14(18(19,20)21)7-8-15(13)23-16/h2-11,17,22-24H,1H3/t11-,17?/m1/s1. The van der Waals surface area contributed by atoms with Gasteiger partial charge in [-0.05, 0) is 36.8 Å². The van der Waals surface area contributed by atoms with E-state index in [-0.39, 0.29) is 6.04 Å². The highest BCUT2D eigenvalue weighted by molar-refractivity contribution is 5.81. The first-order valence-corrected chi connectivity index (χ1v) is 7.53. The molecular weight excluding hydrogens is 317 g/mol. The molecule has 1 heterocycles. The number of nitrogens with one attached hydrogen (secondary N) is 2. The van der Waals surface area contributed by atoms with Crippen LogP contribution in [0.15, 0.2) is 54.6 Å². The highest BCUT2D eigenvalue weighted by atomic mass is 19.4. The molecule has 0 spiro atoms. The molecule has 3 rings (SSSR count). The zero-order valence-electron chi connectivity index (χ0n) is 12.9. The molecule has 0 amide bonds. The second-order valence-electron chi connectivity index (χ2n) is 5.73. The molecule has 0 saturated heterocycles. The van der Waals surface area contributed by atoms with E-state index in [1.807, 2.05) is 37.3 Å². The topological polar surface area (TPSA) is 48.0 Å². The fourth-order valence-electron chi connectivity index (χ4n) is 2.64. The molecule has 0 fully saturated rings. The normalized spacial score (nSPS) is 14.7. The third kappa shape index (κ3) is 3.44. The average Bonchev–Trinajstić information content (AvgIpc) is 2.98. The average molecular weight is 334 g/mol. The second-order valence-corrected chi connectivity index (χ2v) is 5.73. The SMILES string of the molecule is C[C@@H](NC(O)c1cc2cc(C(F)(F)F)ccc2[nH]1)c1ccccc1. The van der Waals surface area contributed by atoms with Crippen molar-refractivity contribution < 1.29 is 18.3 Å². The summed E-state index contributed by atoms with van der Waals surface area (Å²) in [5.41, 5.74) is 1.27. The second kappa shape index (κ2) is 6.30. The van der Waals surface area contributed by atoms with Crippen LogP contribution >= 0.6 is 0 Å². The number of aromatic nitrogens is 1. The van der Waals surface area contributed by atoms with Crippen LogP contribution in [-0.4, -0.2) is 10.1 Å². The van der Waals surface area contributed by atoms with Gasteiger partial charge in [0.25, 0.3) is 0 Å². The first-order valence-electron chi connectivity index (χ1n) is 7.53. The summed E-state index contributed by atoms with van der Waals surface area (Å²) in [5.74, 6) is 0. The fraction of sp³-hybridized carbons (Fsp3) is 0.222. The minimum absolute atomic E-state index is 0.113. The number of hydrogen-bond donors (Lipinski definition) is 3. The van der Waals surface area contributed by atoms with Crippen LogP contribution < -0.4 is 5.32 Å². The highest BCUT2D eigenvalue weighted by Crippen LogP contribution is 2.32. The molecule has 0 aliphatic heterocycles. The van der Waals surface area contributed by atoms with Gasteiger partial charge in [0.1, 0.15) is 6.23 Å². The van der Waals surface area contributed by atoms with E-state index in [1.165, 1.54) is 12.1 Å². The van der Waals surface area contributed by atoms with Crippen LogP contribution in [0.4, 0.5) is 13.2 Å². The third-order valence-corrected chi connectivity index (χ3v) is 3.97. The summed E-state index contributed by atoms with van der Waals surface area (Å²) in [6, 6.07) is 14.5. The number of aliphatic hydroxyl groups excluding tert-OH is 1. The molecule has 1 aromatic heterocycles. The van der Waals surface area contributed by atoms with Crippen molar-refractivity contribution in [1.82, 2.24) is 10.3 Å². The number of rotatable bonds is 4. The van der Waals surface area contributed by atoms with Crippen molar-refractivity contribution in [2.24, 2.45) is 0 Å². The van der Waals surface area contributed by atoms with Crippen molar-refractivity contribution in [3.63, 3.8) is 0 Å². The number of aliphatic hydroxyl groups is 1. The Labute approximate surface area is 137 Å². The van der Waals surface area contributed by atoms with Gasteiger partial charge in [-0.2, -0.15) is 13.2 Å². The van der Waals surface area contributed by atoms with Crippen molar-refractivity contribution in [3.05, 3.63) is 71.4 Å². The molecule has 3 N–H and O–H groups in total. The van der Waals surface area contributed by atoms with Crippen LogP contribution in [0.25, 0.3) is 10.9 Å². The van der Waals surface area contributed by atoms with E-state index in [4.69, 9.17) is 0 Å². The number of H-pyrrole nitrogens is 1. The lowest BCUT2D eigenvalue weighted by atomic mass is 10.1. The lowest BCUT2D eigenvalue weighted by Gasteiger charge is -2.18. The van der Waals surface area contributed by atoms with E-state index >= 15 is 0 Å². The summed E-state index contributed by atoms with van der Waals surface area (Å²) in [5, 5.41) is 13.7. The molecule has 6 heteroatoms. The summed E-state index contributed by atoms with van der Waals surface area (Å²) in [7, 11) is 0. The first-order chi connectivity index (χ1) is 11.3. The highest BCUT2D eigenvalue weighted by Gasteiger charge is 2.30. The molecule has 1 unspecified atom stereocenters. The maximum absolute atomic E-state index is 12.8. The van der Waals surface area contributed by atoms with Crippen LogP contribution in [0.2, 0.25) is 0 Å². The fourth-order valence-corrected chi connectivity index (χ4v) is 2.64. The largest absolute Gasteiger partial charge is 0.416 e. The molecule has 0 bridgehead atoms. The monoisotopic (exact) mass is 334 g/mol. The third-order valence-electron chi connectivity index (χ3n) is 3.97. The predicted octanol–water partition coefficient (Wildman–Crippen LogP) is 4.53. The van der Waals surface area contributed by atoms with Crippen molar-refractivity contribution in [1.29, 1.82) is 0 Å². The maximum Gasteiger partial charge on any atom is 0.416 e. The van der Waals surface area contributed by atoms with Crippen molar-refractivity contribution in [3.8, 4) is 0 Å². The maximum atomic E-state index is 12.8. The number of fused-ring (bicyclic) bond motifs is 1. The zero-order valence-corrected chi connectivity index (χ0v) is 12.9. The van der Waals surface area contributed by atoms with E-state index in [0.717, 1.165) is 17.7 Å². The van der Waals surface area contributed by atoms with Gasteiger partial charge in [-0.1, -0.05) is 30.3 Å². The molecule has 126 valence electrons. The number of benzene rings is 2. The number of alkyl halides is 3. The molecule has 2 aromatic carbocycles. The van der Waals surface area contributed by atoms with Gasteiger partial charge in [0.2, 0.25) is 0 Å². The van der Waals surface area contributed by atoms with E-state index < -0.39 is 18.0 Å². The molecule has 0 aliphatic carbocycles. The number of halogens is 3. The molecule has 0 saturated carbocycles. The van der Waals surface area contributed by atoms with Gasteiger partial charge in [-0.3, -0.25) is 5.32 Å². The Morgan fingerprint density at radius 2 is 1.75 bits per heavy atom. The van der Waals surface area contributed by atoms with Gasteiger partial charge in [0, 0.05) is 16.9 Å². The first kappa shape index (κ1) is 16.5. The van der Waals surface area contributed by atoms with Crippen LogP contribution in [0.3, 0.4) is 0 Å². The summed E-state index contributed by atoms with van der Waals surface area (Å²) in [4.78, 5) is 2.95. The van der Waals surface area contributed by atoms with E-state index in [0.29, 0.717) is 16.6 Å². The molecule has 2 atom stereocenters.